The summed E-state index contributed by atoms with van der Waals surface area (Å²) >= 11 is -1.32. The first-order valence-corrected chi connectivity index (χ1v) is 7.01. The first kappa shape index (κ1) is 19.0. The fourth-order valence-corrected chi connectivity index (χ4v) is 2.77. The average Bonchev–Trinajstić information content (AvgIpc) is 2.82. The van der Waals surface area contributed by atoms with Crippen molar-refractivity contribution in [3.63, 3.8) is 0 Å². The minimum Gasteiger partial charge on any atom is -0.609 e. The van der Waals surface area contributed by atoms with Crippen LogP contribution in [-0.2, 0) is 16.9 Å². The van der Waals surface area contributed by atoms with Crippen molar-refractivity contribution in [3.05, 3.63) is 48.3 Å². The average molecular weight is 321 g/mol. The number of aromatic hydroxyl groups is 1. The Balaban J connectivity index is 0.00000110. The molecule has 100 valence electrons. The van der Waals surface area contributed by atoms with Gasteiger partial charge in [0.15, 0.2) is 5.75 Å². The summed E-state index contributed by atoms with van der Waals surface area (Å²) in [5.41, 5.74) is 2.21. The Labute approximate surface area is 169 Å². The van der Waals surface area contributed by atoms with E-state index in [4.69, 9.17) is 0 Å². The molecule has 0 aliphatic heterocycles. The van der Waals surface area contributed by atoms with Crippen LogP contribution in [0.4, 0.5) is 0 Å². The van der Waals surface area contributed by atoms with Crippen LogP contribution in [0.15, 0.2) is 47.8 Å². The normalized spacial score (nSPS) is 11.5. The van der Waals surface area contributed by atoms with Crippen LogP contribution in [0.3, 0.4) is 0 Å². The number of hydrogen-bond acceptors (Lipinski definition) is 4. The van der Waals surface area contributed by atoms with Gasteiger partial charge in [-0.3, -0.25) is 9.97 Å². The number of hydrogen-bond donors (Lipinski definition) is 2. The molecule has 3 aromatic rings. The molecule has 0 amide bonds. The number of nitrogens with one attached hydrogen (secondary N) is 1. The zero-order valence-corrected chi connectivity index (χ0v) is 10.7. The summed E-state index contributed by atoms with van der Waals surface area (Å²) < 4.78 is 12.2. The van der Waals surface area contributed by atoms with Crippen molar-refractivity contribution in [2.45, 2.75) is 10.9 Å². The first-order valence-electron chi connectivity index (χ1n) is 5.69. The maximum atomic E-state index is 12.2. The van der Waals surface area contributed by atoms with Crippen LogP contribution in [0.2, 0.25) is 0 Å². The summed E-state index contributed by atoms with van der Waals surface area (Å²) in [7, 11) is 0. The number of aromatic nitrogens is 3. The van der Waals surface area contributed by atoms with E-state index in [1.54, 1.807) is 0 Å². The van der Waals surface area contributed by atoms with Crippen LogP contribution in [0, 0.1) is 0 Å². The molecule has 1 atom stereocenters. The summed E-state index contributed by atoms with van der Waals surface area (Å²) in [4.78, 5) is 11.4. The Morgan fingerprint density at radius 1 is 1.19 bits per heavy atom. The van der Waals surface area contributed by atoms with Gasteiger partial charge in [0, 0.05) is 23.4 Å². The van der Waals surface area contributed by atoms with E-state index >= 15 is 0 Å². The van der Waals surface area contributed by atoms with Crippen LogP contribution in [0.25, 0.3) is 11.0 Å². The summed E-state index contributed by atoms with van der Waals surface area (Å²) in [6, 6.07) is 10.5. The van der Waals surface area contributed by atoms with Gasteiger partial charge < -0.3 is 9.66 Å². The number of pyridine rings is 1. The van der Waals surface area contributed by atoms with Crippen molar-refractivity contribution in [2.75, 3.05) is 0 Å². The molecule has 0 bridgehead atoms. The molecule has 2 N–H and O–H groups in total. The zero-order chi connectivity index (χ0) is 13.2. The van der Waals surface area contributed by atoms with Crippen molar-refractivity contribution in [1.82, 2.24) is 15.0 Å². The second kappa shape index (κ2) is 8.55. The largest absolute Gasteiger partial charge is 0.609 e. The summed E-state index contributed by atoms with van der Waals surface area (Å²) in [5, 5.41) is 9.77. The number of fused-ring (bicyclic) bond motifs is 1. The van der Waals surface area contributed by atoms with E-state index in [2.05, 4.69) is 15.0 Å². The molecule has 0 fully saturated rings. The molecule has 21 heavy (non-hydrogen) atoms. The molecular formula is C13H13N3Na2O2S. The fraction of sp³-hybridized carbons (Fsp3) is 0.0769. The second-order valence-electron chi connectivity index (χ2n) is 4.05. The van der Waals surface area contributed by atoms with Gasteiger partial charge in [-0.05, 0) is 18.2 Å². The van der Waals surface area contributed by atoms with Gasteiger partial charge in [0.25, 0.3) is 0 Å². The maximum Gasteiger partial charge on any atom is 0.322 e. The summed E-state index contributed by atoms with van der Waals surface area (Å²) in [5.74, 6) is 0.334. The van der Waals surface area contributed by atoms with E-state index < -0.39 is 11.2 Å². The Hall–Kier alpha value is -0.0500. The van der Waals surface area contributed by atoms with Crippen LogP contribution >= 0.6 is 0 Å². The number of nitrogens with zero attached hydrogens (tertiary/aromatic N) is 2. The summed E-state index contributed by atoms with van der Waals surface area (Å²) in [6.45, 7) is 0. The topological polar surface area (TPSA) is 84.9 Å². The molecule has 1 aromatic carbocycles. The number of aromatic amines is 1. The molecular weight excluding hydrogens is 308 g/mol. The molecule has 0 aliphatic rings. The molecule has 5 nitrogen and oxygen atoms in total. The number of para-hydroxylation sites is 2. The molecule has 0 saturated carbocycles. The van der Waals surface area contributed by atoms with E-state index in [0.717, 1.165) is 11.0 Å². The van der Waals surface area contributed by atoms with Gasteiger partial charge in [0.05, 0.1) is 16.7 Å². The van der Waals surface area contributed by atoms with Crippen molar-refractivity contribution >= 4 is 81.3 Å². The third-order valence-electron chi connectivity index (χ3n) is 2.66. The molecule has 0 spiro atoms. The van der Waals surface area contributed by atoms with Gasteiger partial charge in [0.2, 0.25) is 0 Å². The Morgan fingerprint density at radius 3 is 2.67 bits per heavy atom. The van der Waals surface area contributed by atoms with Crippen LogP contribution < -0.4 is 0 Å². The van der Waals surface area contributed by atoms with Gasteiger partial charge in [-0.2, -0.15) is 4.98 Å². The third-order valence-corrected chi connectivity index (χ3v) is 3.85. The third kappa shape index (κ3) is 4.71. The monoisotopic (exact) mass is 321 g/mol. The maximum absolute atomic E-state index is 12.2. The van der Waals surface area contributed by atoms with Gasteiger partial charge in [0.1, 0.15) is 5.75 Å². The Morgan fingerprint density at radius 2 is 1.95 bits per heavy atom. The van der Waals surface area contributed by atoms with Crippen molar-refractivity contribution in [1.29, 1.82) is 0 Å². The minimum atomic E-state index is -1.32. The quantitative estimate of drug-likeness (QED) is 0.549. The molecule has 3 rings (SSSR count). The van der Waals surface area contributed by atoms with E-state index in [1.165, 1.54) is 18.3 Å². The predicted molar refractivity (Wildman–Crippen MR) is 86.4 cm³/mol. The van der Waals surface area contributed by atoms with Crippen molar-refractivity contribution in [2.24, 2.45) is 0 Å². The molecule has 2 heterocycles. The molecule has 0 radical (unpaired) electrons. The fourth-order valence-electron chi connectivity index (χ4n) is 1.78. The number of H-pyrrole nitrogens is 1. The predicted octanol–water partition coefficient (Wildman–Crippen LogP) is 0.674. The standard InChI is InChI=1S/C13H11N3O2S.2Na.2H/c17-10-5-6-14-9(7-10)8-19(18)13-15-11-3-1-2-4-12(11)16-13;;;;/h1-7H,8H2,(H,14,17)(H,15,16);;;;. The van der Waals surface area contributed by atoms with Gasteiger partial charge in [-0.25, -0.2) is 0 Å². The van der Waals surface area contributed by atoms with Gasteiger partial charge in [-0.15, -0.1) is 0 Å². The van der Waals surface area contributed by atoms with E-state index in [-0.39, 0.29) is 70.6 Å². The van der Waals surface area contributed by atoms with Crippen molar-refractivity contribution in [3.8, 4) is 5.75 Å². The van der Waals surface area contributed by atoms with Gasteiger partial charge >= 0.3 is 64.3 Å². The minimum absolute atomic E-state index is 0. The molecule has 8 heteroatoms. The van der Waals surface area contributed by atoms with Gasteiger partial charge in [-0.1, -0.05) is 12.1 Å². The van der Waals surface area contributed by atoms with Crippen LogP contribution in [0.1, 0.15) is 5.69 Å². The van der Waals surface area contributed by atoms with E-state index in [1.807, 2.05) is 24.3 Å². The van der Waals surface area contributed by atoms with E-state index in [9.17, 15) is 9.66 Å². The Bertz CT molecular complexity index is 690. The SMILES string of the molecule is [NaH].[NaH].[O-][S+](Cc1cc(O)ccn1)c1nc2ccccc2[nH]1. The summed E-state index contributed by atoms with van der Waals surface area (Å²) in [6.07, 6.45) is 1.49. The zero-order valence-electron chi connectivity index (χ0n) is 9.91. The number of benzene rings is 1. The van der Waals surface area contributed by atoms with Crippen LogP contribution in [-0.4, -0.2) is 83.7 Å². The first-order chi connectivity index (χ1) is 9.22. The number of rotatable bonds is 3. The van der Waals surface area contributed by atoms with Crippen LogP contribution in [0.5, 0.6) is 5.75 Å². The number of imidazole rings is 1. The molecule has 1 unspecified atom stereocenters. The second-order valence-corrected chi connectivity index (χ2v) is 5.42. The van der Waals surface area contributed by atoms with Crippen molar-refractivity contribution < 1.29 is 9.66 Å². The smallest absolute Gasteiger partial charge is 0.322 e. The Kier molecular flexibility index (Phi) is 7.73. The van der Waals surface area contributed by atoms with E-state index in [0.29, 0.717) is 10.9 Å². The molecule has 0 aliphatic carbocycles. The molecule has 0 saturated heterocycles. The molecule has 2 aromatic heterocycles.